The van der Waals surface area contributed by atoms with Crippen LogP contribution in [0.15, 0.2) is 17.9 Å². The Morgan fingerprint density at radius 2 is 1.89 bits per heavy atom. The number of methoxy groups -OCH3 is 1. The summed E-state index contributed by atoms with van der Waals surface area (Å²) in [5.74, 6) is 1.01. The second-order valence-electron chi connectivity index (χ2n) is 5.29. The molecule has 1 unspecified atom stereocenters. The van der Waals surface area contributed by atoms with Gasteiger partial charge in [-0.3, -0.25) is 4.79 Å². The third-order valence-electron chi connectivity index (χ3n) is 3.88. The monoisotopic (exact) mass is 260 g/mol. The molecule has 1 aliphatic carbocycles. The minimum Gasteiger partial charge on any atom is -0.512 e. The number of hydrogen-bond acceptors (Lipinski definition) is 3. The summed E-state index contributed by atoms with van der Waals surface area (Å²) < 4.78 is 5.55. The Morgan fingerprint density at radius 3 is 2.47 bits per heavy atom. The van der Waals surface area contributed by atoms with Gasteiger partial charge in [-0.1, -0.05) is 6.07 Å². The van der Waals surface area contributed by atoms with Gasteiger partial charge >= 0.3 is 0 Å². The van der Waals surface area contributed by atoms with Crippen molar-refractivity contribution in [2.75, 3.05) is 7.11 Å². The molecule has 0 bridgehead atoms. The number of aliphatic hydroxyl groups excluding tert-OH is 1. The van der Waals surface area contributed by atoms with Gasteiger partial charge in [0.25, 0.3) is 0 Å². The van der Waals surface area contributed by atoms with Crippen LogP contribution in [0.4, 0.5) is 0 Å². The van der Waals surface area contributed by atoms with Gasteiger partial charge < -0.3 is 9.84 Å². The first-order valence-corrected chi connectivity index (χ1v) is 6.51. The maximum Gasteiger partial charge on any atom is 0.159 e. The summed E-state index contributed by atoms with van der Waals surface area (Å²) in [6.07, 6.45) is 2.27. The zero-order valence-corrected chi connectivity index (χ0v) is 11.9. The van der Waals surface area contributed by atoms with E-state index in [4.69, 9.17) is 4.74 Å². The Labute approximate surface area is 113 Å². The van der Waals surface area contributed by atoms with Crippen LogP contribution in [-0.4, -0.2) is 18.0 Å². The molecule has 1 atom stereocenters. The zero-order valence-electron chi connectivity index (χ0n) is 11.9. The van der Waals surface area contributed by atoms with Gasteiger partial charge in [0.2, 0.25) is 0 Å². The number of aliphatic hydroxyl groups is 1. The van der Waals surface area contributed by atoms with E-state index in [0.29, 0.717) is 12.8 Å². The summed E-state index contributed by atoms with van der Waals surface area (Å²) in [4.78, 5) is 11.6. The third kappa shape index (κ3) is 2.50. The number of carbonyl (C=O) groups excluding carboxylic acids is 1. The fourth-order valence-corrected chi connectivity index (χ4v) is 2.92. The molecule has 0 amide bonds. The lowest BCUT2D eigenvalue weighted by Crippen LogP contribution is -2.15. The second kappa shape index (κ2) is 5.08. The molecule has 1 N–H and O–H groups in total. The molecule has 0 aromatic heterocycles. The first-order valence-electron chi connectivity index (χ1n) is 6.51. The number of rotatable bonds is 2. The van der Waals surface area contributed by atoms with Gasteiger partial charge in [0, 0.05) is 30.4 Å². The van der Waals surface area contributed by atoms with Crippen molar-refractivity contribution in [1.82, 2.24) is 0 Å². The van der Waals surface area contributed by atoms with Crippen molar-refractivity contribution in [3.8, 4) is 5.75 Å². The van der Waals surface area contributed by atoms with Crippen LogP contribution in [0.25, 0.3) is 0 Å². The normalized spacial score (nSPS) is 19.3. The molecular formula is C16H20O3. The Bertz CT molecular complexity index is 556. The number of ether oxygens (including phenoxy) is 1. The van der Waals surface area contributed by atoms with E-state index in [-0.39, 0.29) is 17.5 Å². The maximum absolute atomic E-state index is 11.6. The number of benzene rings is 1. The molecule has 1 aromatic rings. The minimum atomic E-state index is -0.0200. The fraction of sp³-hybridized carbons (Fsp3) is 0.438. The van der Waals surface area contributed by atoms with Crippen molar-refractivity contribution in [2.45, 2.75) is 39.5 Å². The van der Waals surface area contributed by atoms with Crippen molar-refractivity contribution in [3.63, 3.8) is 0 Å². The Balaban J connectivity index is 2.54. The zero-order chi connectivity index (χ0) is 14.2. The van der Waals surface area contributed by atoms with Crippen LogP contribution in [0.3, 0.4) is 0 Å². The van der Waals surface area contributed by atoms with Crippen LogP contribution in [0.2, 0.25) is 0 Å². The van der Waals surface area contributed by atoms with Crippen molar-refractivity contribution in [1.29, 1.82) is 0 Å². The average Bonchev–Trinajstić information content (AvgIpc) is 2.31. The van der Waals surface area contributed by atoms with E-state index in [2.05, 4.69) is 13.0 Å². The largest absolute Gasteiger partial charge is 0.512 e. The highest BCUT2D eigenvalue weighted by atomic mass is 16.5. The third-order valence-corrected chi connectivity index (χ3v) is 3.88. The van der Waals surface area contributed by atoms with E-state index in [0.717, 1.165) is 22.4 Å². The van der Waals surface area contributed by atoms with Crippen LogP contribution in [0.1, 0.15) is 41.0 Å². The molecule has 0 saturated heterocycles. The Hall–Kier alpha value is -1.77. The van der Waals surface area contributed by atoms with Gasteiger partial charge in [-0.05, 0) is 37.5 Å². The van der Waals surface area contributed by atoms with Crippen molar-refractivity contribution >= 4 is 5.78 Å². The first-order chi connectivity index (χ1) is 8.93. The molecule has 2 rings (SSSR count). The van der Waals surface area contributed by atoms with E-state index >= 15 is 0 Å². The van der Waals surface area contributed by atoms with Crippen LogP contribution in [-0.2, 0) is 4.79 Å². The average molecular weight is 260 g/mol. The molecule has 3 nitrogen and oxygen atoms in total. The van der Waals surface area contributed by atoms with E-state index in [1.165, 1.54) is 11.6 Å². The lowest BCUT2D eigenvalue weighted by molar-refractivity contribution is -0.115. The molecular weight excluding hydrogens is 240 g/mol. The topological polar surface area (TPSA) is 46.5 Å². The van der Waals surface area contributed by atoms with Crippen LogP contribution >= 0.6 is 0 Å². The molecule has 0 saturated carbocycles. The highest BCUT2D eigenvalue weighted by molar-refractivity contribution is 5.91. The van der Waals surface area contributed by atoms with Gasteiger partial charge in [0.1, 0.15) is 5.75 Å². The Morgan fingerprint density at radius 1 is 1.21 bits per heavy atom. The predicted molar refractivity (Wildman–Crippen MR) is 74.9 cm³/mol. The quantitative estimate of drug-likeness (QED) is 0.885. The number of allylic oxidation sites excluding steroid dienone is 2. The van der Waals surface area contributed by atoms with Crippen LogP contribution in [0, 0.1) is 20.8 Å². The predicted octanol–water partition coefficient (Wildman–Crippen LogP) is 3.51. The summed E-state index contributed by atoms with van der Waals surface area (Å²) in [6.45, 7) is 6.11. The number of hydrogen-bond donors (Lipinski definition) is 1. The number of ketones is 1. The number of carbonyl (C=O) groups is 1. The summed E-state index contributed by atoms with van der Waals surface area (Å²) in [7, 11) is 1.66. The highest BCUT2D eigenvalue weighted by Crippen LogP contribution is 2.40. The smallest absolute Gasteiger partial charge is 0.159 e. The van der Waals surface area contributed by atoms with Crippen LogP contribution in [0.5, 0.6) is 5.75 Å². The van der Waals surface area contributed by atoms with Crippen molar-refractivity contribution in [2.24, 2.45) is 0 Å². The number of aryl methyl sites for hydroxylation is 2. The van der Waals surface area contributed by atoms with Gasteiger partial charge in [0.05, 0.1) is 12.9 Å². The van der Waals surface area contributed by atoms with Crippen molar-refractivity contribution in [3.05, 3.63) is 40.2 Å². The van der Waals surface area contributed by atoms with E-state index in [9.17, 15) is 9.90 Å². The van der Waals surface area contributed by atoms with E-state index in [1.807, 2.05) is 13.8 Å². The van der Waals surface area contributed by atoms with Gasteiger partial charge in [-0.2, -0.15) is 0 Å². The molecule has 19 heavy (non-hydrogen) atoms. The summed E-state index contributed by atoms with van der Waals surface area (Å²) in [5, 5.41) is 9.69. The second-order valence-corrected chi connectivity index (χ2v) is 5.29. The standard InChI is InChI=1S/C16H20O3/c1-9-5-10(2)15(16(19-4)11(9)3)12-6-13(17)8-14(18)7-12/h5,8,12,17H,6-7H2,1-4H3. The molecule has 0 heterocycles. The Kier molecular flexibility index (Phi) is 3.65. The van der Waals surface area contributed by atoms with Crippen molar-refractivity contribution < 1.29 is 14.6 Å². The lowest BCUT2D eigenvalue weighted by Gasteiger charge is -2.25. The summed E-state index contributed by atoms with van der Waals surface area (Å²) in [5.41, 5.74) is 4.45. The van der Waals surface area contributed by atoms with E-state index < -0.39 is 0 Å². The molecule has 0 radical (unpaired) electrons. The fourth-order valence-electron chi connectivity index (χ4n) is 2.92. The maximum atomic E-state index is 11.6. The molecule has 3 heteroatoms. The molecule has 102 valence electrons. The SMILES string of the molecule is COc1c(C)c(C)cc(C)c1C1CC(=O)C=C(O)C1. The van der Waals surface area contributed by atoms with Gasteiger partial charge in [-0.15, -0.1) is 0 Å². The minimum absolute atomic E-state index is 0.00625. The van der Waals surface area contributed by atoms with Gasteiger partial charge in [-0.25, -0.2) is 0 Å². The highest BCUT2D eigenvalue weighted by Gasteiger charge is 2.27. The summed E-state index contributed by atoms with van der Waals surface area (Å²) in [6, 6.07) is 2.12. The van der Waals surface area contributed by atoms with Crippen LogP contribution < -0.4 is 4.74 Å². The molecule has 1 aliphatic rings. The van der Waals surface area contributed by atoms with E-state index in [1.54, 1.807) is 7.11 Å². The van der Waals surface area contributed by atoms with Gasteiger partial charge in [0.15, 0.2) is 5.78 Å². The summed E-state index contributed by atoms with van der Waals surface area (Å²) >= 11 is 0. The molecule has 1 aromatic carbocycles. The molecule has 0 spiro atoms. The molecule has 0 aliphatic heterocycles. The lowest BCUT2D eigenvalue weighted by atomic mass is 9.82. The molecule has 0 fully saturated rings. The first kappa shape index (κ1) is 13.7.